The lowest BCUT2D eigenvalue weighted by Crippen LogP contribution is -2.64. The second-order valence-corrected chi connectivity index (χ2v) is 16.0. The minimum Gasteiger partial charge on any atom is -0.402 e. The van der Waals surface area contributed by atoms with Crippen molar-refractivity contribution >= 4 is 14.2 Å². The Morgan fingerprint density at radius 2 is 1.72 bits per heavy atom. The summed E-state index contributed by atoms with van der Waals surface area (Å²) in [6.07, 6.45) is 4.69. The molecule has 1 heterocycles. The molecule has 0 aromatic heterocycles. The number of nitrogens with one attached hydrogen (secondary N) is 1. The van der Waals surface area contributed by atoms with Crippen LogP contribution in [-0.2, 0) is 18.7 Å². The van der Waals surface area contributed by atoms with E-state index in [4.69, 9.17) is 13.9 Å². The minimum absolute atomic E-state index is 0.0424. The lowest BCUT2D eigenvalue weighted by molar-refractivity contribution is -0.156. The smallest absolute Gasteiger partial charge is 0.251 e. The molecule has 168 valence electrons. The van der Waals surface area contributed by atoms with Crippen molar-refractivity contribution in [3.63, 3.8) is 0 Å². The van der Waals surface area contributed by atoms with Crippen LogP contribution in [0.3, 0.4) is 0 Å². The van der Waals surface area contributed by atoms with Crippen LogP contribution in [0.15, 0.2) is 0 Å². The molecule has 3 fully saturated rings. The zero-order valence-corrected chi connectivity index (χ0v) is 20.3. The van der Waals surface area contributed by atoms with Crippen molar-refractivity contribution in [3.05, 3.63) is 0 Å². The van der Waals surface area contributed by atoms with Gasteiger partial charge in [0.25, 0.3) is 5.91 Å². The van der Waals surface area contributed by atoms with Crippen LogP contribution in [0.5, 0.6) is 0 Å². The third kappa shape index (κ3) is 4.90. The molecule has 2 N–H and O–H groups in total. The van der Waals surface area contributed by atoms with Crippen LogP contribution < -0.4 is 5.32 Å². The molecule has 7 heteroatoms. The van der Waals surface area contributed by atoms with Crippen LogP contribution in [0, 0.1) is 0 Å². The molecule has 0 aromatic rings. The van der Waals surface area contributed by atoms with Crippen molar-refractivity contribution in [3.8, 4) is 0 Å². The second kappa shape index (κ2) is 7.90. The molecule has 4 atom stereocenters. The SMILES string of the molecule is CC1(C)O[C@H]2[C@@H](O)C[C@](O[Si](C)(C)C(C)(C)C)(C(=O)NC3CCCCC3)C[C@H]2O1. The summed E-state index contributed by atoms with van der Waals surface area (Å²) in [6, 6.07) is 0.197. The molecule has 0 aromatic carbocycles. The van der Waals surface area contributed by atoms with Crippen LogP contribution in [0.1, 0.15) is 79.6 Å². The molecule has 6 nitrogen and oxygen atoms in total. The summed E-state index contributed by atoms with van der Waals surface area (Å²) in [5.41, 5.74) is -1.08. The van der Waals surface area contributed by atoms with Crippen LogP contribution in [-0.4, -0.2) is 55.1 Å². The van der Waals surface area contributed by atoms with Crippen molar-refractivity contribution in [2.24, 2.45) is 0 Å². The van der Waals surface area contributed by atoms with E-state index in [1.807, 2.05) is 13.8 Å². The van der Waals surface area contributed by atoms with Crippen LogP contribution >= 0.6 is 0 Å². The van der Waals surface area contributed by atoms with Gasteiger partial charge in [0.15, 0.2) is 14.1 Å². The van der Waals surface area contributed by atoms with E-state index in [-0.39, 0.29) is 29.5 Å². The van der Waals surface area contributed by atoms with Gasteiger partial charge in [-0.2, -0.15) is 0 Å². The fraction of sp³-hybridized carbons (Fsp3) is 0.955. The Balaban J connectivity index is 1.88. The third-order valence-electron chi connectivity index (χ3n) is 7.28. The first-order chi connectivity index (χ1) is 13.2. The van der Waals surface area contributed by atoms with E-state index in [0.717, 1.165) is 25.7 Å². The van der Waals surface area contributed by atoms with Gasteiger partial charge >= 0.3 is 0 Å². The van der Waals surface area contributed by atoms with Gasteiger partial charge in [-0.15, -0.1) is 0 Å². The van der Waals surface area contributed by atoms with E-state index in [0.29, 0.717) is 6.42 Å². The van der Waals surface area contributed by atoms with E-state index in [2.05, 4.69) is 39.2 Å². The number of hydrogen-bond acceptors (Lipinski definition) is 5. The highest BCUT2D eigenvalue weighted by Crippen LogP contribution is 2.47. The summed E-state index contributed by atoms with van der Waals surface area (Å²) in [5, 5.41) is 14.2. The summed E-state index contributed by atoms with van der Waals surface area (Å²) in [6.45, 7) is 14.6. The monoisotopic (exact) mass is 427 g/mol. The maximum Gasteiger partial charge on any atom is 0.251 e. The molecule has 2 saturated carbocycles. The summed E-state index contributed by atoms with van der Waals surface area (Å²) < 4.78 is 18.8. The Morgan fingerprint density at radius 1 is 1.10 bits per heavy atom. The van der Waals surface area contributed by atoms with Gasteiger partial charge in [0.2, 0.25) is 0 Å². The maximum absolute atomic E-state index is 13.7. The fourth-order valence-electron chi connectivity index (χ4n) is 4.73. The molecule has 0 bridgehead atoms. The van der Waals surface area contributed by atoms with E-state index in [1.165, 1.54) is 6.42 Å². The number of ether oxygens (including phenoxy) is 2. The topological polar surface area (TPSA) is 77.0 Å². The number of fused-ring (bicyclic) bond motifs is 1. The zero-order chi connectivity index (χ0) is 21.7. The Labute approximate surface area is 177 Å². The molecule has 0 radical (unpaired) electrons. The molecule has 3 aliphatic rings. The Hall–Kier alpha value is -0.473. The van der Waals surface area contributed by atoms with Crippen molar-refractivity contribution < 1.29 is 23.8 Å². The van der Waals surface area contributed by atoms with Crippen molar-refractivity contribution in [2.45, 2.75) is 133 Å². The van der Waals surface area contributed by atoms with Crippen LogP contribution in [0.2, 0.25) is 18.1 Å². The second-order valence-electron chi connectivity index (χ2n) is 11.3. The van der Waals surface area contributed by atoms with Gasteiger partial charge < -0.3 is 24.3 Å². The van der Waals surface area contributed by atoms with E-state index < -0.39 is 31.9 Å². The first-order valence-corrected chi connectivity index (χ1v) is 14.2. The lowest BCUT2D eigenvalue weighted by atomic mass is 9.78. The predicted molar refractivity (Wildman–Crippen MR) is 115 cm³/mol. The highest BCUT2D eigenvalue weighted by Gasteiger charge is 2.59. The van der Waals surface area contributed by atoms with Crippen LogP contribution in [0.4, 0.5) is 0 Å². The summed E-state index contributed by atoms with van der Waals surface area (Å²) >= 11 is 0. The average molecular weight is 428 g/mol. The molecule has 29 heavy (non-hydrogen) atoms. The number of carbonyl (C=O) groups excluding carboxylic acids is 1. The molecule has 1 amide bonds. The zero-order valence-electron chi connectivity index (χ0n) is 19.3. The normalized spacial score (nSPS) is 35.9. The van der Waals surface area contributed by atoms with E-state index in [9.17, 15) is 9.90 Å². The molecule has 0 spiro atoms. The Kier molecular flexibility index (Phi) is 6.32. The van der Waals surface area contributed by atoms with E-state index >= 15 is 0 Å². The first kappa shape index (κ1) is 23.2. The molecule has 3 rings (SSSR count). The molecular formula is C22H41NO5Si. The third-order valence-corrected chi connectivity index (χ3v) is 11.8. The number of aliphatic hydroxyl groups is 1. The van der Waals surface area contributed by atoms with Gasteiger partial charge in [0.05, 0.1) is 12.2 Å². The quantitative estimate of drug-likeness (QED) is 0.666. The average Bonchev–Trinajstić information content (AvgIpc) is 2.89. The predicted octanol–water partition coefficient (Wildman–Crippen LogP) is 3.87. The Bertz CT molecular complexity index is 611. The lowest BCUT2D eigenvalue weighted by Gasteiger charge is -2.49. The molecule has 0 unspecified atom stereocenters. The van der Waals surface area contributed by atoms with Crippen molar-refractivity contribution in [1.29, 1.82) is 0 Å². The summed E-state index contributed by atoms with van der Waals surface area (Å²) in [7, 11) is -2.27. The van der Waals surface area contributed by atoms with Crippen molar-refractivity contribution in [2.75, 3.05) is 0 Å². The number of amides is 1. The largest absolute Gasteiger partial charge is 0.402 e. The number of hydrogen-bond donors (Lipinski definition) is 2. The highest BCUT2D eigenvalue weighted by atomic mass is 28.4. The Morgan fingerprint density at radius 3 is 2.31 bits per heavy atom. The van der Waals surface area contributed by atoms with E-state index in [1.54, 1.807) is 0 Å². The van der Waals surface area contributed by atoms with Gasteiger partial charge in [0.1, 0.15) is 11.7 Å². The number of rotatable bonds is 4. The summed E-state index contributed by atoms with van der Waals surface area (Å²) in [4.78, 5) is 13.7. The molecule has 2 aliphatic carbocycles. The molecule has 1 aliphatic heterocycles. The number of aliphatic hydroxyl groups excluding tert-OH is 1. The highest BCUT2D eigenvalue weighted by molar-refractivity contribution is 6.74. The fourth-order valence-corrected chi connectivity index (χ4v) is 6.27. The summed E-state index contributed by atoms with van der Waals surface area (Å²) in [5.74, 6) is -0.844. The van der Waals surface area contributed by atoms with Crippen LogP contribution in [0.25, 0.3) is 0 Å². The maximum atomic E-state index is 13.7. The first-order valence-electron chi connectivity index (χ1n) is 11.3. The standard InChI is InChI=1S/C22H41NO5Si/c1-20(2,3)29(6,7)28-22(19(25)23-15-11-9-8-10-12-15)13-16(24)18-17(14-22)26-21(4,5)27-18/h15-18,24H,8-14H2,1-7H3,(H,23,25)/t16-,17+,18-,22+/m0/s1. The minimum atomic E-state index is -2.27. The molecule has 1 saturated heterocycles. The van der Waals surface area contributed by atoms with Crippen molar-refractivity contribution in [1.82, 2.24) is 5.32 Å². The van der Waals surface area contributed by atoms with Gasteiger partial charge in [-0.1, -0.05) is 40.0 Å². The van der Waals surface area contributed by atoms with Gasteiger partial charge in [0, 0.05) is 18.9 Å². The molecular weight excluding hydrogens is 386 g/mol. The van der Waals surface area contributed by atoms with Gasteiger partial charge in [-0.3, -0.25) is 4.79 Å². The van der Waals surface area contributed by atoms with Gasteiger partial charge in [-0.25, -0.2) is 0 Å². The van der Waals surface area contributed by atoms with Gasteiger partial charge in [-0.05, 0) is 44.8 Å². The number of carbonyl (C=O) groups is 1.